The van der Waals surface area contributed by atoms with Gasteiger partial charge in [-0.05, 0) is 38.4 Å². The summed E-state index contributed by atoms with van der Waals surface area (Å²) < 4.78 is 0. The lowest BCUT2D eigenvalue weighted by Crippen LogP contribution is -2.12. The molecule has 1 saturated heterocycles. The first kappa shape index (κ1) is 14.2. The van der Waals surface area contributed by atoms with Crippen molar-refractivity contribution in [3.05, 3.63) is 34.2 Å². The molecule has 1 aromatic heterocycles. The van der Waals surface area contributed by atoms with E-state index in [1.165, 1.54) is 29.7 Å². The van der Waals surface area contributed by atoms with E-state index in [9.17, 15) is 4.79 Å². The quantitative estimate of drug-likeness (QED) is 0.912. The van der Waals surface area contributed by atoms with Crippen LogP contribution in [0.25, 0.3) is 11.3 Å². The van der Waals surface area contributed by atoms with E-state index in [0.29, 0.717) is 6.04 Å². The number of thiazole rings is 1. The second-order valence-electron chi connectivity index (χ2n) is 5.36. The first-order valence-electron chi connectivity index (χ1n) is 7.22. The predicted octanol–water partition coefficient (Wildman–Crippen LogP) is 3.50. The van der Waals surface area contributed by atoms with Gasteiger partial charge in [-0.25, -0.2) is 4.98 Å². The van der Waals surface area contributed by atoms with Gasteiger partial charge < -0.3 is 10.6 Å². The molecule has 21 heavy (non-hydrogen) atoms. The van der Waals surface area contributed by atoms with Gasteiger partial charge in [0, 0.05) is 23.1 Å². The zero-order chi connectivity index (χ0) is 14.8. The third-order valence-corrected chi connectivity index (χ3v) is 4.73. The summed E-state index contributed by atoms with van der Waals surface area (Å²) in [5.41, 5.74) is 2.97. The number of nitrogens with one attached hydrogen (secondary N) is 2. The lowest BCUT2D eigenvalue weighted by atomic mass is 10.1. The molecule has 0 bridgehead atoms. The monoisotopic (exact) mass is 301 g/mol. The van der Waals surface area contributed by atoms with Gasteiger partial charge in [0.05, 0.1) is 11.7 Å². The fourth-order valence-corrected chi connectivity index (χ4v) is 3.70. The molecular weight excluding hydrogens is 282 g/mol. The molecule has 2 aromatic rings. The maximum absolute atomic E-state index is 11.0. The Bertz CT molecular complexity index is 642. The topological polar surface area (TPSA) is 54.0 Å². The molecular formula is C16H19N3OS. The Morgan fingerprint density at radius 2 is 2.14 bits per heavy atom. The number of anilines is 1. The van der Waals surface area contributed by atoms with E-state index in [4.69, 9.17) is 4.98 Å². The summed E-state index contributed by atoms with van der Waals surface area (Å²) >= 11 is 1.78. The highest BCUT2D eigenvalue weighted by atomic mass is 32.1. The van der Waals surface area contributed by atoms with Crippen molar-refractivity contribution in [1.82, 2.24) is 10.3 Å². The fraction of sp³-hybridized carbons (Fsp3) is 0.375. The molecule has 0 unspecified atom stereocenters. The second-order valence-corrected chi connectivity index (χ2v) is 6.60. The lowest BCUT2D eigenvalue weighted by molar-refractivity contribution is -0.114. The van der Waals surface area contributed by atoms with Crippen molar-refractivity contribution in [3.8, 4) is 11.3 Å². The number of hydrogen-bond acceptors (Lipinski definition) is 4. The molecule has 2 heterocycles. The molecule has 4 nitrogen and oxygen atoms in total. The maximum atomic E-state index is 11.0. The summed E-state index contributed by atoms with van der Waals surface area (Å²) in [6, 6.07) is 8.28. The zero-order valence-electron chi connectivity index (χ0n) is 12.3. The van der Waals surface area contributed by atoms with E-state index in [0.717, 1.165) is 23.5 Å². The third kappa shape index (κ3) is 3.14. The number of aryl methyl sites for hydroxylation is 1. The van der Waals surface area contributed by atoms with E-state index in [2.05, 4.69) is 17.6 Å². The van der Waals surface area contributed by atoms with E-state index < -0.39 is 0 Å². The number of nitrogens with zero attached hydrogens (tertiary/aromatic N) is 1. The summed E-state index contributed by atoms with van der Waals surface area (Å²) in [6.07, 6.45) is 2.40. The first-order valence-corrected chi connectivity index (χ1v) is 8.04. The SMILES string of the molecule is CC(=O)Nc1ccc(-c2nc([C@H]3CCCN3)sc2C)cc1. The van der Waals surface area contributed by atoms with Crippen molar-refractivity contribution in [2.24, 2.45) is 0 Å². The molecule has 1 amide bonds. The summed E-state index contributed by atoms with van der Waals surface area (Å²) in [7, 11) is 0. The van der Waals surface area contributed by atoms with Crippen molar-refractivity contribution >= 4 is 22.9 Å². The Kier molecular flexibility index (Phi) is 4.03. The molecule has 110 valence electrons. The molecule has 2 N–H and O–H groups in total. The lowest BCUT2D eigenvalue weighted by Gasteiger charge is -2.05. The number of carbonyl (C=O) groups excluding carboxylic acids is 1. The van der Waals surface area contributed by atoms with Crippen LogP contribution in [-0.2, 0) is 4.79 Å². The largest absolute Gasteiger partial charge is 0.326 e. The molecule has 1 aliphatic rings. The minimum absolute atomic E-state index is 0.0535. The van der Waals surface area contributed by atoms with Gasteiger partial charge in [0.25, 0.3) is 0 Å². The number of rotatable bonds is 3. The number of benzene rings is 1. The number of aromatic nitrogens is 1. The standard InChI is InChI=1S/C16H19N3OS/c1-10-15(19-16(21-10)14-4-3-9-17-14)12-5-7-13(8-6-12)18-11(2)20/h5-8,14,17H,3-4,9H2,1-2H3,(H,18,20)/t14-/m1/s1. The molecule has 1 aromatic carbocycles. The van der Waals surface area contributed by atoms with Crippen molar-refractivity contribution < 1.29 is 4.79 Å². The van der Waals surface area contributed by atoms with Crippen LogP contribution in [-0.4, -0.2) is 17.4 Å². The van der Waals surface area contributed by atoms with Crippen molar-refractivity contribution in [3.63, 3.8) is 0 Å². The number of amides is 1. The van der Waals surface area contributed by atoms with Crippen molar-refractivity contribution in [2.75, 3.05) is 11.9 Å². The van der Waals surface area contributed by atoms with Crippen LogP contribution < -0.4 is 10.6 Å². The molecule has 0 radical (unpaired) electrons. The Labute approximate surface area is 128 Å². The fourth-order valence-electron chi connectivity index (χ4n) is 2.64. The van der Waals surface area contributed by atoms with Crippen LogP contribution in [0, 0.1) is 6.92 Å². The van der Waals surface area contributed by atoms with Crippen LogP contribution in [0.5, 0.6) is 0 Å². The van der Waals surface area contributed by atoms with Crippen LogP contribution in [0.1, 0.15) is 35.7 Å². The highest BCUT2D eigenvalue weighted by Crippen LogP contribution is 2.33. The highest BCUT2D eigenvalue weighted by Gasteiger charge is 2.21. The molecule has 0 aliphatic carbocycles. The smallest absolute Gasteiger partial charge is 0.221 e. The minimum atomic E-state index is -0.0535. The van der Waals surface area contributed by atoms with Crippen LogP contribution in [0.3, 0.4) is 0 Å². The van der Waals surface area contributed by atoms with E-state index in [-0.39, 0.29) is 5.91 Å². The first-order chi connectivity index (χ1) is 10.1. The van der Waals surface area contributed by atoms with Gasteiger partial charge >= 0.3 is 0 Å². The minimum Gasteiger partial charge on any atom is -0.326 e. The van der Waals surface area contributed by atoms with Gasteiger partial charge in [-0.15, -0.1) is 11.3 Å². The van der Waals surface area contributed by atoms with Crippen LogP contribution >= 0.6 is 11.3 Å². The van der Waals surface area contributed by atoms with Gasteiger partial charge in [0.1, 0.15) is 5.01 Å². The van der Waals surface area contributed by atoms with Crippen molar-refractivity contribution in [1.29, 1.82) is 0 Å². The Balaban J connectivity index is 1.84. The highest BCUT2D eigenvalue weighted by molar-refractivity contribution is 7.12. The molecule has 1 atom stereocenters. The average Bonchev–Trinajstić information content (AvgIpc) is 3.08. The van der Waals surface area contributed by atoms with Crippen molar-refractivity contribution in [2.45, 2.75) is 32.7 Å². The summed E-state index contributed by atoms with van der Waals surface area (Å²) in [5.74, 6) is -0.0535. The zero-order valence-corrected chi connectivity index (χ0v) is 13.1. The molecule has 1 fully saturated rings. The van der Waals surface area contributed by atoms with Gasteiger partial charge in [0.2, 0.25) is 5.91 Å². The Hall–Kier alpha value is -1.72. The van der Waals surface area contributed by atoms with Crippen LogP contribution in [0.2, 0.25) is 0 Å². The third-order valence-electron chi connectivity index (χ3n) is 3.65. The number of carbonyl (C=O) groups is 1. The van der Waals surface area contributed by atoms with E-state index in [1.54, 1.807) is 11.3 Å². The predicted molar refractivity (Wildman–Crippen MR) is 86.6 cm³/mol. The molecule has 1 aliphatic heterocycles. The van der Waals surface area contributed by atoms with Crippen LogP contribution in [0.4, 0.5) is 5.69 Å². The molecule has 0 saturated carbocycles. The normalized spacial score (nSPS) is 17.9. The van der Waals surface area contributed by atoms with Gasteiger partial charge in [-0.2, -0.15) is 0 Å². The average molecular weight is 301 g/mol. The van der Waals surface area contributed by atoms with E-state index >= 15 is 0 Å². The summed E-state index contributed by atoms with van der Waals surface area (Å²) in [4.78, 5) is 17.1. The summed E-state index contributed by atoms with van der Waals surface area (Å²) in [6.45, 7) is 4.72. The van der Waals surface area contributed by atoms with Gasteiger partial charge in [-0.1, -0.05) is 12.1 Å². The summed E-state index contributed by atoms with van der Waals surface area (Å²) in [5, 5.41) is 7.46. The Morgan fingerprint density at radius 1 is 1.38 bits per heavy atom. The van der Waals surface area contributed by atoms with Crippen LogP contribution in [0.15, 0.2) is 24.3 Å². The molecule has 3 rings (SSSR count). The molecule has 0 spiro atoms. The molecule has 5 heteroatoms. The van der Waals surface area contributed by atoms with Gasteiger partial charge in [-0.3, -0.25) is 4.79 Å². The van der Waals surface area contributed by atoms with Gasteiger partial charge in [0.15, 0.2) is 0 Å². The number of hydrogen-bond donors (Lipinski definition) is 2. The second kappa shape index (κ2) is 5.95. The Morgan fingerprint density at radius 3 is 2.76 bits per heavy atom. The maximum Gasteiger partial charge on any atom is 0.221 e. The van der Waals surface area contributed by atoms with E-state index in [1.807, 2.05) is 24.3 Å².